The van der Waals surface area contributed by atoms with Crippen molar-refractivity contribution in [3.05, 3.63) is 83.4 Å². The van der Waals surface area contributed by atoms with Gasteiger partial charge in [-0.3, -0.25) is 9.69 Å². The van der Waals surface area contributed by atoms with Crippen molar-refractivity contribution in [1.29, 1.82) is 0 Å². The Morgan fingerprint density at radius 2 is 1.87 bits per heavy atom. The average Bonchev–Trinajstić information content (AvgIpc) is 3.21. The summed E-state index contributed by atoms with van der Waals surface area (Å²) in [5, 5.41) is 1.36. The molecule has 1 aromatic heterocycles. The highest BCUT2D eigenvalue weighted by Crippen LogP contribution is 2.32. The predicted octanol–water partition coefficient (Wildman–Crippen LogP) is 6.67. The van der Waals surface area contributed by atoms with Gasteiger partial charge < -0.3 is 4.74 Å². The fourth-order valence-electron chi connectivity index (χ4n) is 3.09. The molecule has 31 heavy (non-hydrogen) atoms. The van der Waals surface area contributed by atoms with Crippen LogP contribution in [0.25, 0.3) is 10.2 Å². The Hall–Kier alpha value is -2.54. The van der Waals surface area contributed by atoms with Gasteiger partial charge >= 0.3 is 0 Å². The van der Waals surface area contributed by atoms with Crippen LogP contribution in [0.15, 0.2) is 77.7 Å². The Morgan fingerprint density at radius 1 is 1.10 bits per heavy atom. The highest BCUT2D eigenvalue weighted by Gasteiger charge is 2.20. The van der Waals surface area contributed by atoms with Gasteiger partial charge in [-0.2, -0.15) is 0 Å². The standard InChI is InChI=1S/C24H21ClN2O2S2/c1-29-19-8-10-20(11-9-19)30-14-13-23(28)27(16-17-5-3-2-4-6-17)24-26-21-12-7-18(25)15-22(21)31-24/h2-12,15H,13-14,16H2,1H3. The second-order valence-corrected chi connectivity index (χ2v) is 9.46. The topological polar surface area (TPSA) is 42.4 Å². The van der Waals surface area contributed by atoms with Gasteiger partial charge in [0.15, 0.2) is 5.13 Å². The number of rotatable bonds is 8. The van der Waals surface area contributed by atoms with Crippen molar-refractivity contribution < 1.29 is 9.53 Å². The maximum absolute atomic E-state index is 13.2. The second-order valence-electron chi connectivity index (χ2n) is 6.85. The number of benzene rings is 3. The summed E-state index contributed by atoms with van der Waals surface area (Å²) < 4.78 is 6.17. The minimum Gasteiger partial charge on any atom is -0.497 e. The first-order chi connectivity index (χ1) is 15.1. The summed E-state index contributed by atoms with van der Waals surface area (Å²) in [6.45, 7) is 0.487. The van der Waals surface area contributed by atoms with Gasteiger partial charge in [0.05, 0.1) is 23.9 Å². The first kappa shape index (κ1) is 21.7. The SMILES string of the molecule is COc1ccc(SCCC(=O)N(Cc2ccccc2)c2nc3ccc(Cl)cc3s2)cc1. The molecule has 0 radical (unpaired) electrons. The van der Waals surface area contributed by atoms with Crippen LogP contribution >= 0.6 is 34.7 Å². The highest BCUT2D eigenvalue weighted by molar-refractivity contribution is 7.99. The van der Waals surface area contributed by atoms with Gasteiger partial charge in [0.2, 0.25) is 5.91 Å². The van der Waals surface area contributed by atoms with Crippen LogP contribution in [-0.2, 0) is 11.3 Å². The van der Waals surface area contributed by atoms with Crippen LogP contribution in [0.5, 0.6) is 5.75 Å². The maximum Gasteiger partial charge on any atom is 0.229 e. The molecule has 0 bridgehead atoms. The first-order valence-electron chi connectivity index (χ1n) is 9.79. The molecule has 0 aliphatic carbocycles. The first-order valence-corrected chi connectivity index (χ1v) is 12.0. The van der Waals surface area contributed by atoms with E-state index in [1.54, 1.807) is 23.8 Å². The molecule has 4 aromatic rings. The maximum atomic E-state index is 13.2. The van der Waals surface area contributed by atoms with Crippen molar-refractivity contribution in [2.24, 2.45) is 0 Å². The van der Waals surface area contributed by atoms with Crippen molar-refractivity contribution in [3.8, 4) is 5.75 Å². The highest BCUT2D eigenvalue weighted by atomic mass is 35.5. The van der Waals surface area contributed by atoms with Gasteiger partial charge in [-0.1, -0.05) is 53.3 Å². The van der Waals surface area contributed by atoms with Crippen LogP contribution in [0, 0.1) is 0 Å². The van der Waals surface area contributed by atoms with Crippen molar-refractivity contribution in [3.63, 3.8) is 0 Å². The lowest BCUT2D eigenvalue weighted by atomic mass is 10.2. The molecule has 0 fully saturated rings. The third kappa shape index (κ3) is 5.58. The molecule has 0 spiro atoms. The summed E-state index contributed by atoms with van der Waals surface area (Å²) in [6, 6.07) is 23.5. The monoisotopic (exact) mass is 468 g/mol. The number of fused-ring (bicyclic) bond motifs is 1. The van der Waals surface area contributed by atoms with E-state index in [9.17, 15) is 4.79 Å². The molecular formula is C24H21ClN2O2S2. The summed E-state index contributed by atoms with van der Waals surface area (Å²) in [7, 11) is 1.65. The van der Waals surface area contributed by atoms with Crippen LogP contribution < -0.4 is 9.64 Å². The molecule has 0 saturated carbocycles. The quantitative estimate of drug-likeness (QED) is 0.271. The number of carbonyl (C=O) groups excluding carboxylic acids is 1. The Labute approximate surface area is 194 Å². The number of hydrogen-bond donors (Lipinski definition) is 0. The van der Waals surface area contributed by atoms with Crippen LogP contribution in [0.3, 0.4) is 0 Å². The van der Waals surface area contributed by atoms with E-state index in [4.69, 9.17) is 21.3 Å². The Bertz CT molecular complexity index is 1160. The van der Waals surface area contributed by atoms with Crippen LogP contribution in [0.2, 0.25) is 5.02 Å². The molecule has 0 aliphatic rings. The molecular weight excluding hydrogens is 448 g/mol. The fourth-order valence-corrected chi connectivity index (χ4v) is 5.19. The predicted molar refractivity (Wildman–Crippen MR) is 131 cm³/mol. The van der Waals surface area contributed by atoms with Crippen molar-refractivity contribution in [2.75, 3.05) is 17.8 Å². The van der Waals surface area contributed by atoms with E-state index in [0.717, 1.165) is 26.4 Å². The largest absolute Gasteiger partial charge is 0.497 e. The van der Waals surface area contributed by atoms with Crippen LogP contribution in [-0.4, -0.2) is 23.8 Å². The average molecular weight is 469 g/mol. The number of nitrogens with zero attached hydrogens (tertiary/aromatic N) is 2. The number of carbonyl (C=O) groups is 1. The third-order valence-corrected chi connectivity index (χ3v) is 6.99. The molecule has 0 aliphatic heterocycles. The summed E-state index contributed by atoms with van der Waals surface area (Å²) in [5.74, 6) is 1.56. The van der Waals surface area contributed by atoms with Gasteiger partial charge in [-0.25, -0.2) is 4.98 Å². The van der Waals surface area contributed by atoms with Crippen molar-refractivity contribution in [2.45, 2.75) is 17.9 Å². The summed E-state index contributed by atoms with van der Waals surface area (Å²) in [6.07, 6.45) is 0.417. The molecule has 3 aromatic carbocycles. The number of anilines is 1. The smallest absolute Gasteiger partial charge is 0.229 e. The molecule has 0 N–H and O–H groups in total. The fraction of sp³-hybridized carbons (Fsp3) is 0.167. The number of thioether (sulfide) groups is 1. The number of aromatic nitrogens is 1. The molecule has 4 rings (SSSR count). The van der Waals surface area contributed by atoms with Gasteiger partial charge in [-0.15, -0.1) is 11.8 Å². The number of ether oxygens (including phenoxy) is 1. The number of hydrogen-bond acceptors (Lipinski definition) is 5. The van der Waals surface area contributed by atoms with Crippen LogP contribution in [0.4, 0.5) is 5.13 Å². The second kappa shape index (κ2) is 10.2. The number of halogens is 1. The minimum absolute atomic E-state index is 0.0509. The van der Waals surface area contributed by atoms with Gasteiger partial charge in [0.1, 0.15) is 5.75 Å². The molecule has 0 unspecified atom stereocenters. The number of methoxy groups -OCH3 is 1. The van der Waals surface area contributed by atoms with E-state index >= 15 is 0 Å². The zero-order valence-electron chi connectivity index (χ0n) is 17.0. The lowest BCUT2D eigenvalue weighted by Gasteiger charge is -2.20. The van der Waals surface area contributed by atoms with Crippen LogP contribution in [0.1, 0.15) is 12.0 Å². The molecule has 0 saturated heterocycles. The Balaban J connectivity index is 1.50. The van der Waals surface area contributed by atoms with Gasteiger partial charge in [0.25, 0.3) is 0 Å². The van der Waals surface area contributed by atoms with Gasteiger partial charge in [0, 0.05) is 22.1 Å². The van der Waals surface area contributed by atoms with E-state index in [0.29, 0.717) is 28.9 Å². The lowest BCUT2D eigenvalue weighted by molar-refractivity contribution is -0.118. The summed E-state index contributed by atoms with van der Waals surface area (Å²) in [5.41, 5.74) is 1.92. The molecule has 158 valence electrons. The number of amides is 1. The lowest BCUT2D eigenvalue weighted by Crippen LogP contribution is -2.30. The molecule has 0 atom stereocenters. The number of thiazole rings is 1. The molecule has 4 nitrogen and oxygen atoms in total. The molecule has 1 heterocycles. The Morgan fingerprint density at radius 3 is 2.61 bits per heavy atom. The van der Waals surface area contributed by atoms with Gasteiger partial charge in [-0.05, 0) is 48.0 Å². The zero-order chi connectivity index (χ0) is 21.6. The normalized spacial score (nSPS) is 10.9. The van der Waals surface area contributed by atoms with E-state index in [1.165, 1.54) is 11.3 Å². The van der Waals surface area contributed by atoms with E-state index in [2.05, 4.69) is 0 Å². The summed E-state index contributed by atoms with van der Waals surface area (Å²) in [4.78, 5) is 20.8. The van der Waals surface area contributed by atoms with E-state index < -0.39 is 0 Å². The Kier molecular flexibility index (Phi) is 7.12. The third-order valence-electron chi connectivity index (χ3n) is 4.70. The van der Waals surface area contributed by atoms with E-state index in [-0.39, 0.29) is 5.91 Å². The van der Waals surface area contributed by atoms with E-state index in [1.807, 2.05) is 72.8 Å². The molecule has 1 amide bonds. The summed E-state index contributed by atoms with van der Waals surface area (Å²) >= 11 is 9.28. The van der Waals surface area contributed by atoms with Crippen molar-refractivity contribution in [1.82, 2.24) is 4.98 Å². The minimum atomic E-state index is 0.0509. The zero-order valence-corrected chi connectivity index (χ0v) is 19.3. The molecule has 7 heteroatoms. The van der Waals surface area contributed by atoms with Crippen molar-refractivity contribution >= 4 is 56.0 Å².